The second-order valence-electron chi connectivity index (χ2n) is 4.66. The van der Waals surface area contributed by atoms with E-state index in [1.54, 1.807) is 12.3 Å². The Morgan fingerprint density at radius 1 is 1.25 bits per heavy atom. The lowest BCUT2D eigenvalue weighted by Crippen LogP contribution is -2.09. The average Bonchev–Trinajstić information content (AvgIpc) is 2.46. The quantitative estimate of drug-likeness (QED) is 0.853. The summed E-state index contributed by atoms with van der Waals surface area (Å²) in [5.74, 6) is -0.222. The van der Waals surface area contributed by atoms with E-state index >= 15 is 0 Å². The maximum Gasteiger partial charge on any atom is 0.341 e. The number of hydrogen-bond donors (Lipinski definition) is 2. The zero-order valence-corrected chi connectivity index (χ0v) is 14.6. The van der Waals surface area contributed by atoms with Crippen molar-refractivity contribution in [1.82, 2.24) is 4.98 Å². The number of hydrogen-bond acceptors (Lipinski definition) is 4. The molecular formula is C16H16Cl2N2O4. The van der Waals surface area contributed by atoms with E-state index in [4.69, 9.17) is 33.0 Å². The molecule has 2 aromatic rings. The molecule has 1 amide bonds. The van der Waals surface area contributed by atoms with Crippen LogP contribution in [0.1, 0.15) is 12.5 Å². The minimum absolute atomic E-state index is 0.0944. The first-order valence-electron chi connectivity index (χ1n) is 6.78. The normalized spacial score (nSPS) is 9.50. The van der Waals surface area contributed by atoms with Crippen LogP contribution in [-0.2, 0) is 9.59 Å². The van der Waals surface area contributed by atoms with E-state index in [-0.39, 0.29) is 5.91 Å². The van der Waals surface area contributed by atoms with Gasteiger partial charge in [-0.05, 0) is 42.8 Å². The minimum atomic E-state index is -1.05. The van der Waals surface area contributed by atoms with E-state index in [0.29, 0.717) is 21.6 Å². The van der Waals surface area contributed by atoms with Gasteiger partial charge in [0.2, 0.25) is 5.91 Å². The maximum atomic E-state index is 10.6. The largest absolute Gasteiger partial charge is 0.480 e. The summed E-state index contributed by atoms with van der Waals surface area (Å²) < 4.78 is 4.86. The van der Waals surface area contributed by atoms with E-state index < -0.39 is 12.6 Å². The topological polar surface area (TPSA) is 88.5 Å². The molecule has 0 saturated heterocycles. The summed E-state index contributed by atoms with van der Waals surface area (Å²) in [5, 5.41) is 11.7. The molecule has 1 aromatic heterocycles. The summed E-state index contributed by atoms with van der Waals surface area (Å²) in [4.78, 5) is 24.7. The standard InChI is InChI=1S/C8H6Cl2O3.C8H10N2O/c9-5-1-2-7(6(10)3-5)13-4-8(11)12;1-6-3-4-9-8(5-6)10-7(2)11/h1-3H,4H2,(H,11,12);3-5H,1-2H3,(H,9,10,11). The predicted octanol–water partition coefficient (Wildman–Crippen LogP) is 3.81. The molecule has 0 aliphatic rings. The molecule has 128 valence electrons. The Hall–Kier alpha value is -2.31. The Kier molecular flexibility index (Phi) is 8.01. The van der Waals surface area contributed by atoms with Gasteiger partial charge in [0, 0.05) is 18.1 Å². The number of benzene rings is 1. The van der Waals surface area contributed by atoms with Crippen LogP contribution in [0.5, 0.6) is 5.75 Å². The van der Waals surface area contributed by atoms with Crippen molar-refractivity contribution in [2.75, 3.05) is 11.9 Å². The molecule has 2 N–H and O–H groups in total. The first kappa shape index (κ1) is 19.7. The summed E-state index contributed by atoms with van der Waals surface area (Å²) in [5.41, 5.74) is 1.09. The molecular weight excluding hydrogens is 355 g/mol. The van der Waals surface area contributed by atoms with Gasteiger partial charge in [0.05, 0.1) is 5.02 Å². The molecule has 0 atom stereocenters. The van der Waals surface area contributed by atoms with E-state index in [9.17, 15) is 9.59 Å². The molecule has 8 heteroatoms. The molecule has 24 heavy (non-hydrogen) atoms. The highest BCUT2D eigenvalue weighted by Gasteiger charge is 2.04. The van der Waals surface area contributed by atoms with Crippen LogP contribution in [0.4, 0.5) is 5.82 Å². The van der Waals surface area contributed by atoms with E-state index in [2.05, 4.69) is 10.3 Å². The Labute approximate surface area is 149 Å². The number of amides is 1. The average molecular weight is 371 g/mol. The molecule has 2 rings (SSSR count). The van der Waals surface area contributed by atoms with Gasteiger partial charge in [-0.15, -0.1) is 0 Å². The van der Waals surface area contributed by atoms with Crippen molar-refractivity contribution in [3.63, 3.8) is 0 Å². The summed E-state index contributed by atoms with van der Waals surface area (Å²) >= 11 is 11.3. The lowest BCUT2D eigenvalue weighted by molar-refractivity contribution is -0.139. The van der Waals surface area contributed by atoms with Crippen LogP contribution in [0.25, 0.3) is 0 Å². The van der Waals surface area contributed by atoms with Crippen LogP contribution < -0.4 is 10.1 Å². The van der Waals surface area contributed by atoms with E-state index in [1.807, 2.05) is 19.1 Å². The number of halogens is 2. The van der Waals surface area contributed by atoms with Gasteiger partial charge in [0.25, 0.3) is 0 Å². The fraction of sp³-hybridized carbons (Fsp3) is 0.188. The number of rotatable bonds is 4. The number of ether oxygens (including phenoxy) is 1. The van der Waals surface area contributed by atoms with Crippen molar-refractivity contribution in [3.8, 4) is 5.75 Å². The number of anilines is 1. The monoisotopic (exact) mass is 370 g/mol. The van der Waals surface area contributed by atoms with Crippen molar-refractivity contribution >= 4 is 40.9 Å². The van der Waals surface area contributed by atoms with Crippen LogP contribution in [0, 0.1) is 6.92 Å². The summed E-state index contributed by atoms with van der Waals surface area (Å²) in [6.45, 7) is 3.00. The maximum absolute atomic E-state index is 10.6. The number of carbonyl (C=O) groups excluding carboxylic acids is 1. The van der Waals surface area contributed by atoms with Crippen LogP contribution in [0.2, 0.25) is 10.0 Å². The van der Waals surface area contributed by atoms with Gasteiger partial charge < -0.3 is 15.2 Å². The van der Waals surface area contributed by atoms with Gasteiger partial charge in [0.15, 0.2) is 6.61 Å². The third kappa shape index (κ3) is 7.80. The number of aliphatic carboxylic acids is 1. The van der Waals surface area contributed by atoms with Gasteiger partial charge >= 0.3 is 5.97 Å². The molecule has 0 spiro atoms. The lowest BCUT2D eigenvalue weighted by atomic mass is 10.3. The van der Waals surface area contributed by atoms with Crippen molar-refractivity contribution < 1.29 is 19.4 Å². The number of carbonyl (C=O) groups is 2. The zero-order valence-electron chi connectivity index (χ0n) is 13.0. The molecule has 6 nitrogen and oxygen atoms in total. The lowest BCUT2D eigenvalue weighted by Gasteiger charge is -2.04. The van der Waals surface area contributed by atoms with Gasteiger partial charge in [-0.25, -0.2) is 9.78 Å². The highest BCUT2D eigenvalue weighted by Crippen LogP contribution is 2.27. The van der Waals surface area contributed by atoms with E-state index in [1.165, 1.54) is 19.1 Å². The van der Waals surface area contributed by atoms with Gasteiger partial charge in [-0.2, -0.15) is 0 Å². The molecule has 0 unspecified atom stereocenters. The van der Waals surface area contributed by atoms with Gasteiger partial charge in [-0.3, -0.25) is 4.79 Å². The Balaban J connectivity index is 0.000000243. The number of nitrogens with zero attached hydrogens (tertiary/aromatic N) is 1. The number of aromatic nitrogens is 1. The second kappa shape index (κ2) is 9.75. The van der Waals surface area contributed by atoms with Gasteiger partial charge in [-0.1, -0.05) is 23.2 Å². The summed E-state index contributed by atoms with van der Waals surface area (Å²) in [6, 6.07) is 8.28. The Morgan fingerprint density at radius 2 is 1.96 bits per heavy atom. The molecule has 0 aliphatic heterocycles. The third-order valence-corrected chi connectivity index (χ3v) is 3.00. The molecule has 0 bridgehead atoms. The third-order valence-electron chi connectivity index (χ3n) is 2.46. The zero-order chi connectivity index (χ0) is 18.1. The van der Waals surface area contributed by atoms with Crippen molar-refractivity contribution in [3.05, 3.63) is 52.1 Å². The molecule has 1 aromatic carbocycles. The smallest absolute Gasteiger partial charge is 0.341 e. The fourth-order valence-electron chi connectivity index (χ4n) is 1.52. The number of nitrogens with one attached hydrogen (secondary N) is 1. The number of carboxylic acid groups (broad SMARTS) is 1. The van der Waals surface area contributed by atoms with Crippen LogP contribution in [0.3, 0.4) is 0 Å². The number of pyridine rings is 1. The van der Waals surface area contributed by atoms with E-state index in [0.717, 1.165) is 5.56 Å². The minimum Gasteiger partial charge on any atom is -0.480 e. The van der Waals surface area contributed by atoms with Crippen molar-refractivity contribution in [2.45, 2.75) is 13.8 Å². The molecule has 0 aliphatic carbocycles. The highest BCUT2D eigenvalue weighted by atomic mass is 35.5. The summed E-state index contributed by atoms with van der Waals surface area (Å²) in [7, 11) is 0. The Morgan fingerprint density at radius 3 is 2.50 bits per heavy atom. The fourth-order valence-corrected chi connectivity index (χ4v) is 1.98. The number of carboxylic acids is 1. The molecule has 0 fully saturated rings. The molecule has 0 radical (unpaired) electrons. The predicted molar refractivity (Wildman–Crippen MR) is 92.9 cm³/mol. The first-order valence-corrected chi connectivity index (χ1v) is 7.53. The second-order valence-corrected chi connectivity index (χ2v) is 5.50. The van der Waals surface area contributed by atoms with Crippen LogP contribution in [0.15, 0.2) is 36.5 Å². The molecule has 0 saturated carbocycles. The highest BCUT2D eigenvalue weighted by molar-refractivity contribution is 6.35. The van der Waals surface area contributed by atoms with Gasteiger partial charge in [0.1, 0.15) is 11.6 Å². The summed E-state index contributed by atoms with van der Waals surface area (Å²) in [6.07, 6.45) is 1.67. The first-order chi connectivity index (χ1) is 11.3. The Bertz CT molecular complexity index is 723. The van der Waals surface area contributed by atoms with Crippen molar-refractivity contribution in [1.29, 1.82) is 0 Å². The number of aryl methyl sites for hydroxylation is 1. The molecule has 1 heterocycles. The van der Waals surface area contributed by atoms with Crippen LogP contribution >= 0.6 is 23.2 Å². The van der Waals surface area contributed by atoms with Crippen LogP contribution in [-0.4, -0.2) is 28.6 Å². The SMILES string of the molecule is CC(=O)Nc1cc(C)ccn1.O=C(O)COc1ccc(Cl)cc1Cl. The van der Waals surface area contributed by atoms with Crippen molar-refractivity contribution in [2.24, 2.45) is 0 Å².